The van der Waals surface area contributed by atoms with E-state index in [1.54, 1.807) is 14.0 Å². The predicted molar refractivity (Wildman–Crippen MR) is 77.2 cm³/mol. The molecule has 0 spiro atoms. The molecule has 1 N–H and O–H groups in total. The van der Waals surface area contributed by atoms with E-state index in [0.29, 0.717) is 0 Å². The third-order valence-corrected chi connectivity index (χ3v) is 3.85. The van der Waals surface area contributed by atoms with Crippen LogP contribution in [0.15, 0.2) is 18.2 Å². The van der Waals surface area contributed by atoms with E-state index >= 15 is 0 Å². The predicted octanol–water partition coefficient (Wildman–Crippen LogP) is 2.89. The number of carboxylic acid groups (broad SMARTS) is 1. The summed E-state index contributed by atoms with van der Waals surface area (Å²) in [4.78, 5) is 15.8. The minimum Gasteiger partial charge on any atom is -0.497 e. The number of benzene rings is 1. The molecule has 5 heteroatoms. The fraction of sp³-hybridized carbons (Fsp3) is 0.467. The van der Waals surface area contributed by atoms with Gasteiger partial charge in [0, 0.05) is 18.5 Å². The molecule has 108 valence electrons. The highest BCUT2D eigenvalue weighted by atomic mass is 16.5. The molecular weight excluding hydrogens is 256 g/mol. The summed E-state index contributed by atoms with van der Waals surface area (Å²) in [5, 5.41) is 9.18. The molecule has 20 heavy (non-hydrogen) atoms. The minimum absolute atomic E-state index is 0.147. The van der Waals surface area contributed by atoms with Crippen LogP contribution in [0.3, 0.4) is 0 Å². The smallest absolute Gasteiger partial charge is 0.306 e. The number of fused-ring (bicyclic) bond motifs is 1. The molecule has 5 nitrogen and oxygen atoms in total. The van der Waals surface area contributed by atoms with Crippen LogP contribution in [0.4, 0.5) is 0 Å². The molecular formula is C15H20N2O3. The van der Waals surface area contributed by atoms with Crippen LogP contribution in [-0.4, -0.2) is 27.7 Å². The van der Waals surface area contributed by atoms with Gasteiger partial charge in [-0.15, -0.1) is 0 Å². The van der Waals surface area contributed by atoms with Gasteiger partial charge in [-0.25, -0.2) is 4.98 Å². The van der Waals surface area contributed by atoms with E-state index in [0.717, 1.165) is 29.2 Å². The average Bonchev–Trinajstić information content (AvgIpc) is 2.82. The Labute approximate surface area is 118 Å². The maximum atomic E-state index is 11.2. The molecule has 0 saturated heterocycles. The van der Waals surface area contributed by atoms with Crippen molar-refractivity contribution in [2.24, 2.45) is 5.92 Å². The van der Waals surface area contributed by atoms with Gasteiger partial charge in [0.05, 0.1) is 24.1 Å². The van der Waals surface area contributed by atoms with Gasteiger partial charge in [-0.2, -0.15) is 0 Å². The van der Waals surface area contributed by atoms with Crippen molar-refractivity contribution in [2.75, 3.05) is 7.11 Å². The second-order valence-corrected chi connectivity index (χ2v) is 4.98. The normalized spacial score (nSPS) is 14.2. The van der Waals surface area contributed by atoms with Gasteiger partial charge in [0.15, 0.2) is 0 Å². The fourth-order valence-electron chi connectivity index (χ4n) is 2.37. The molecule has 2 rings (SSSR count). The summed E-state index contributed by atoms with van der Waals surface area (Å²) in [6.45, 7) is 6.41. The Kier molecular flexibility index (Phi) is 3.97. The van der Waals surface area contributed by atoms with Gasteiger partial charge in [0.25, 0.3) is 0 Å². The maximum absolute atomic E-state index is 11.2. The number of aromatic nitrogens is 2. The molecule has 2 unspecified atom stereocenters. The molecule has 0 saturated carbocycles. The molecule has 0 fully saturated rings. The number of rotatable bonds is 5. The highest BCUT2D eigenvalue weighted by Gasteiger charge is 2.25. The van der Waals surface area contributed by atoms with E-state index in [1.165, 1.54) is 0 Å². The summed E-state index contributed by atoms with van der Waals surface area (Å²) in [5.74, 6) is 0.143. The van der Waals surface area contributed by atoms with Crippen LogP contribution < -0.4 is 4.74 Å². The number of methoxy groups -OCH3 is 1. The summed E-state index contributed by atoms with van der Waals surface area (Å²) in [6.07, 6.45) is 0. The van der Waals surface area contributed by atoms with E-state index in [1.807, 2.05) is 32.0 Å². The zero-order chi connectivity index (χ0) is 14.9. The average molecular weight is 276 g/mol. The molecule has 1 heterocycles. The van der Waals surface area contributed by atoms with Gasteiger partial charge in [-0.3, -0.25) is 4.79 Å². The molecule has 0 radical (unpaired) electrons. The van der Waals surface area contributed by atoms with Crippen molar-refractivity contribution in [3.05, 3.63) is 24.0 Å². The zero-order valence-electron chi connectivity index (χ0n) is 12.3. The number of ether oxygens (including phenoxy) is 1. The van der Waals surface area contributed by atoms with Crippen molar-refractivity contribution in [3.8, 4) is 5.75 Å². The summed E-state index contributed by atoms with van der Waals surface area (Å²) in [6, 6.07) is 5.74. The molecule has 0 bridgehead atoms. The zero-order valence-corrected chi connectivity index (χ0v) is 12.3. The number of hydrogen-bond acceptors (Lipinski definition) is 3. The van der Waals surface area contributed by atoms with Gasteiger partial charge in [-0.1, -0.05) is 13.8 Å². The van der Waals surface area contributed by atoms with Crippen molar-refractivity contribution in [2.45, 2.75) is 33.2 Å². The van der Waals surface area contributed by atoms with Gasteiger partial charge < -0.3 is 14.4 Å². The Bertz CT molecular complexity index is 633. The number of nitrogens with zero attached hydrogens (tertiary/aromatic N) is 2. The van der Waals surface area contributed by atoms with Gasteiger partial charge in [-0.05, 0) is 19.1 Å². The van der Waals surface area contributed by atoms with E-state index in [-0.39, 0.29) is 5.92 Å². The largest absolute Gasteiger partial charge is 0.497 e. The lowest BCUT2D eigenvalue weighted by Crippen LogP contribution is -2.19. The molecule has 0 aliphatic carbocycles. The van der Waals surface area contributed by atoms with Crippen molar-refractivity contribution in [3.63, 3.8) is 0 Å². The Hall–Kier alpha value is -2.04. The first-order chi connectivity index (χ1) is 9.49. The number of hydrogen-bond donors (Lipinski definition) is 1. The standard InChI is InChI=1S/C15H20N2O3/c1-5-17-13-7-6-11(20-4)8-12(13)16-14(17)9(2)10(3)15(18)19/h6-10H,5H2,1-4H3,(H,18,19). The second-order valence-electron chi connectivity index (χ2n) is 4.98. The maximum Gasteiger partial charge on any atom is 0.306 e. The van der Waals surface area contributed by atoms with E-state index < -0.39 is 11.9 Å². The first kappa shape index (κ1) is 14.4. The molecule has 2 atom stereocenters. The summed E-state index contributed by atoms with van der Waals surface area (Å²) < 4.78 is 7.28. The number of carbonyl (C=O) groups is 1. The molecule has 0 aliphatic heterocycles. The minimum atomic E-state index is -0.801. The molecule has 0 amide bonds. The Morgan fingerprint density at radius 1 is 1.45 bits per heavy atom. The monoisotopic (exact) mass is 276 g/mol. The second kappa shape index (κ2) is 5.53. The van der Waals surface area contributed by atoms with Gasteiger partial charge in [0.2, 0.25) is 0 Å². The summed E-state index contributed by atoms with van der Waals surface area (Å²) in [7, 11) is 1.62. The SMILES string of the molecule is CCn1c(C(C)C(C)C(=O)O)nc2cc(OC)ccc21. The third-order valence-electron chi connectivity index (χ3n) is 3.85. The molecule has 1 aromatic heterocycles. The summed E-state index contributed by atoms with van der Waals surface area (Å²) >= 11 is 0. The number of aryl methyl sites for hydroxylation is 1. The van der Waals surface area contributed by atoms with Crippen LogP contribution in [0, 0.1) is 5.92 Å². The first-order valence-corrected chi connectivity index (χ1v) is 6.76. The molecule has 1 aromatic carbocycles. The van der Waals surface area contributed by atoms with Gasteiger partial charge >= 0.3 is 5.97 Å². The molecule has 2 aromatic rings. The fourth-order valence-corrected chi connectivity index (χ4v) is 2.37. The molecule has 0 aliphatic rings. The van der Waals surface area contributed by atoms with Crippen molar-refractivity contribution in [1.29, 1.82) is 0 Å². The Morgan fingerprint density at radius 2 is 2.15 bits per heavy atom. The van der Waals surface area contributed by atoms with Crippen molar-refractivity contribution < 1.29 is 14.6 Å². The third kappa shape index (κ3) is 2.35. The quantitative estimate of drug-likeness (QED) is 0.912. The van der Waals surface area contributed by atoms with Crippen LogP contribution >= 0.6 is 0 Å². The van der Waals surface area contributed by atoms with Crippen molar-refractivity contribution >= 4 is 17.0 Å². The number of aliphatic carboxylic acids is 1. The van der Waals surface area contributed by atoms with E-state index in [2.05, 4.69) is 9.55 Å². The van der Waals surface area contributed by atoms with Crippen LogP contribution in [0.2, 0.25) is 0 Å². The Morgan fingerprint density at radius 3 is 2.70 bits per heavy atom. The van der Waals surface area contributed by atoms with Crippen LogP contribution in [0.5, 0.6) is 5.75 Å². The number of carboxylic acids is 1. The highest BCUT2D eigenvalue weighted by Crippen LogP contribution is 2.29. The Balaban J connectivity index is 2.55. The lowest BCUT2D eigenvalue weighted by Gasteiger charge is -2.16. The lowest BCUT2D eigenvalue weighted by molar-refractivity contribution is -0.141. The van der Waals surface area contributed by atoms with Gasteiger partial charge in [0.1, 0.15) is 11.6 Å². The van der Waals surface area contributed by atoms with Crippen molar-refractivity contribution in [1.82, 2.24) is 9.55 Å². The van der Waals surface area contributed by atoms with Crippen LogP contribution in [-0.2, 0) is 11.3 Å². The number of imidazole rings is 1. The first-order valence-electron chi connectivity index (χ1n) is 6.76. The topological polar surface area (TPSA) is 64.4 Å². The van der Waals surface area contributed by atoms with Crippen LogP contribution in [0.25, 0.3) is 11.0 Å². The summed E-state index contributed by atoms with van der Waals surface area (Å²) in [5.41, 5.74) is 1.85. The van der Waals surface area contributed by atoms with E-state index in [9.17, 15) is 9.90 Å². The highest BCUT2D eigenvalue weighted by molar-refractivity contribution is 5.78. The van der Waals surface area contributed by atoms with E-state index in [4.69, 9.17) is 4.74 Å². The lowest BCUT2D eigenvalue weighted by atomic mass is 9.95. The van der Waals surface area contributed by atoms with Crippen LogP contribution in [0.1, 0.15) is 32.5 Å².